The van der Waals surface area contributed by atoms with E-state index >= 15 is 0 Å². The van der Waals surface area contributed by atoms with Crippen LogP contribution >= 0.6 is 0 Å². The molecule has 16 heavy (non-hydrogen) atoms. The van der Waals surface area contributed by atoms with Gasteiger partial charge in [-0.05, 0) is 12.3 Å². The van der Waals surface area contributed by atoms with Gasteiger partial charge in [0.25, 0.3) is 0 Å². The monoisotopic (exact) mass is 234 g/mol. The molecule has 4 nitrogen and oxygen atoms in total. The zero-order valence-electron chi connectivity index (χ0n) is 9.83. The number of carbonyl (C=O) groups excluding carboxylic acids is 2. The third-order valence-corrected chi connectivity index (χ3v) is 2.37. The van der Waals surface area contributed by atoms with E-state index in [0.717, 1.165) is 19.3 Å². The summed E-state index contributed by atoms with van der Waals surface area (Å²) in [6.45, 7) is 4.48. The minimum absolute atomic E-state index is 0.134. The minimum atomic E-state index is -1.04. The predicted octanol–water partition coefficient (Wildman–Crippen LogP) is 2.56. The lowest BCUT2D eigenvalue weighted by Crippen LogP contribution is -2.14. The van der Waals surface area contributed by atoms with E-state index in [1.807, 2.05) is 6.92 Å². The molecule has 0 bridgehead atoms. The largest absolute Gasteiger partial charge is 0.465 e. The second kappa shape index (κ2) is 9.12. The average molecular weight is 234 g/mol. The van der Waals surface area contributed by atoms with Crippen LogP contribution in [0.5, 0.6) is 0 Å². The first kappa shape index (κ1) is 14.9. The number of halogens is 1. The molecule has 0 rings (SSSR count). The Morgan fingerprint density at radius 1 is 1.19 bits per heavy atom. The van der Waals surface area contributed by atoms with Crippen molar-refractivity contribution >= 4 is 11.9 Å². The number of carbonyl (C=O) groups is 2. The second-order valence-corrected chi connectivity index (χ2v) is 3.70. The van der Waals surface area contributed by atoms with Crippen molar-refractivity contribution in [3.63, 3.8) is 0 Å². The third kappa shape index (κ3) is 7.20. The molecule has 0 amide bonds. The van der Waals surface area contributed by atoms with E-state index in [0.29, 0.717) is 12.5 Å². The Balaban J connectivity index is 3.66. The van der Waals surface area contributed by atoms with Gasteiger partial charge in [-0.1, -0.05) is 26.7 Å². The van der Waals surface area contributed by atoms with Crippen molar-refractivity contribution in [3.8, 4) is 0 Å². The van der Waals surface area contributed by atoms with E-state index in [9.17, 15) is 14.1 Å². The lowest BCUT2D eigenvalue weighted by Gasteiger charge is -2.13. The molecule has 0 saturated carbocycles. The molecule has 0 spiro atoms. The third-order valence-electron chi connectivity index (χ3n) is 2.37. The van der Waals surface area contributed by atoms with Crippen LogP contribution in [0.15, 0.2) is 0 Å². The fraction of sp³-hybridized carbons (Fsp3) is 0.818. The molecule has 1 atom stereocenters. The fourth-order valence-corrected chi connectivity index (χ4v) is 1.34. The molecule has 5 heteroatoms. The Hall–Kier alpha value is -1.13. The Morgan fingerprint density at radius 2 is 1.81 bits per heavy atom. The lowest BCUT2D eigenvalue weighted by atomic mass is 10.0. The fourth-order valence-electron chi connectivity index (χ4n) is 1.34. The van der Waals surface area contributed by atoms with Gasteiger partial charge in [-0.3, -0.25) is 9.74 Å². The lowest BCUT2D eigenvalue weighted by molar-refractivity contribution is -0.184. The SMILES string of the molecule is CCCC(CC)COC(=O)CCC(=O)OF. The summed E-state index contributed by atoms with van der Waals surface area (Å²) in [4.78, 5) is 24.5. The van der Waals surface area contributed by atoms with Crippen LogP contribution in [-0.2, 0) is 19.3 Å². The molecule has 0 aliphatic heterocycles. The van der Waals surface area contributed by atoms with E-state index in [2.05, 4.69) is 11.9 Å². The number of esters is 1. The molecule has 0 aliphatic carbocycles. The van der Waals surface area contributed by atoms with Gasteiger partial charge in [-0.15, -0.1) is 0 Å². The molecule has 0 N–H and O–H groups in total. The minimum Gasteiger partial charge on any atom is -0.465 e. The Kier molecular flexibility index (Phi) is 8.48. The Labute approximate surface area is 95.0 Å². The molecule has 94 valence electrons. The number of hydrogen-bond acceptors (Lipinski definition) is 4. The van der Waals surface area contributed by atoms with E-state index < -0.39 is 11.9 Å². The van der Waals surface area contributed by atoms with Gasteiger partial charge in [0.2, 0.25) is 0 Å². The normalized spacial score (nSPS) is 11.9. The van der Waals surface area contributed by atoms with Crippen LogP contribution in [0.4, 0.5) is 4.53 Å². The van der Waals surface area contributed by atoms with Crippen LogP contribution in [0.2, 0.25) is 0 Å². The summed E-state index contributed by atoms with van der Waals surface area (Å²) in [6.07, 6.45) is 2.60. The Morgan fingerprint density at radius 3 is 2.31 bits per heavy atom. The van der Waals surface area contributed by atoms with E-state index in [-0.39, 0.29) is 12.8 Å². The van der Waals surface area contributed by atoms with Crippen molar-refractivity contribution in [2.45, 2.75) is 46.0 Å². The summed E-state index contributed by atoms with van der Waals surface area (Å²) < 4.78 is 16.3. The summed E-state index contributed by atoms with van der Waals surface area (Å²) in [5.41, 5.74) is 0. The first-order valence-electron chi connectivity index (χ1n) is 5.61. The van der Waals surface area contributed by atoms with Gasteiger partial charge in [0.05, 0.1) is 19.4 Å². The highest BCUT2D eigenvalue weighted by atomic mass is 19.3. The molecule has 0 heterocycles. The number of ether oxygens (including phenoxy) is 1. The molecule has 1 unspecified atom stereocenters. The van der Waals surface area contributed by atoms with Gasteiger partial charge in [0.1, 0.15) is 0 Å². The summed E-state index contributed by atoms with van der Waals surface area (Å²) in [5, 5.41) is 0. The van der Waals surface area contributed by atoms with Crippen LogP contribution in [0.3, 0.4) is 0 Å². The molecule has 0 radical (unpaired) electrons. The van der Waals surface area contributed by atoms with Crippen LogP contribution in [0.1, 0.15) is 46.0 Å². The van der Waals surface area contributed by atoms with Crippen molar-refractivity contribution in [1.29, 1.82) is 0 Å². The van der Waals surface area contributed by atoms with Gasteiger partial charge in [-0.25, -0.2) is 4.79 Å². The molecular weight excluding hydrogens is 215 g/mol. The molecule has 0 aromatic heterocycles. The highest BCUT2D eigenvalue weighted by molar-refractivity contribution is 5.77. The summed E-state index contributed by atoms with van der Waals surface area (Å²) in [6, 6.07) is 0. The summed E-state index contributed by atoms with van der Waals surface area (Å²) in [5.74, 6) is -1.17. The second-order valence-electron chi connectivity index (χ2n) is 3.70. The molecule has 0 aromatic carbocycles. The topological polar surface area (TPSA) is 52.6 Å². The standard InChI is InChI=1S/C11H19FO4/c1-3-5-9(4-2)8-15-10(13)6-7-11(14)16-12/h9H,3-8H2,1-2H3. The van der Waals surface area contributed by atoms with Crippen LogP contribution < -0.4 is 0 Å². The maximum Gasteiger partial charge on any atom is 0.349 e. The molecular formula is C11H19FO4. The molecule has 0 saturated heterocycles. The maximum absolute atomic E-state index is 11.3. The van der Waals surface area contributed by atoms with Crippen molar-refractivity contribution in [2.75, 3.05) is 6.61 Å². The molecule has 0 aromatic rings. The van der Waals surface area contributed by atoms with Gasteiger partial charge < -0.3 is 4.74 Å². The van der Waals surface area contributed by atoms with Crippen molar-refractivity contribution in [1.82, 2.24) is 0 Å². The average Bonchev–Trinajstić information content (AvgIpc) is 2.31. The maximum atomic E-state index is 11.3. The van der Waals surface area contributed by atoms with Crippen LogP contribution in [0, 0.1) is 5.92 Å². The predicted molar refractivity (Wildman–Crippen MR) is 56.1 cm³/mol. The van der Waals surface area contributed by atoms with Crippen molar-refractivity contribution in [3.05, 3.63) is 0 Å². The van der Waals surface area contributed by atoms with E-state index in [1.54, 1.807) is 0 Å². The van der Waals surface area contributed by atoms with Gasteiger partial charge >= 0.3 is 11.9 Å². The molecule has 0 aliphatic rings. The first-order valence-corrected chi connectivity index (χ1v) is 5.61. The van der Waals surface area contributed by atoms with Gasteiger partial charge in [0.15, 0.2) is 0 Å². The van der Waals surface area contributed by atoms with Crippen molar-refractivity contribution in [2.24, 2.45) is 5.92 Å². The number of rotatable bonds is 8. The zero-order valence-corrected chi connectivity index (χ0v) is 9.83. The number of hydrogen-bond donors (Lipinski definition) is 0. The first-order chi connectivity index (χ1) is 7.63. The summed E-state index contributed by atoms with van der Waals surface area (Å²) >= 11 is 0. The van der Waals surface area contributed by atoms with Crippen LogP contribution in [-0.4, -0.2) is 18.5 Å². The summed E-state index contributed by atoms with van der Waals surface area (Å²) in [7, 11) is 0. The zero-order chi connectivity index (χ0) is 12.4. The van der Waals surface area contributed by atoms with Gasteiger partial charge in [0, 0.05) is 4.53 Å². The van der Waals surface area contributed by atoms with Crippen LogP contribution in [0.25, 0.3) is 0 Å². The quantitative estimate of drug-likeness (QED) is 0.606. The van der Waals surface area contributed by atoms with Crippen molar-refractivity contribution < 1.29 is 23.8 Å². The smallest absolute Gasteiger partial charge is 0.349 e. The highest BCUT2D eigenvalue weighted by Gasteiger charge is 2.12. The molecule has 0 fully saturated rings. The van der Waals surface area contributed by atoms with E-state index in [4.69, 9.17) is 4.74 Å². The Bertz CT molecular complexity index is 218. The van der Waals surface area contributed by atoms with E-state index in [1.165, 1.54) is 0 Å². The van der Waals surface area contributed by atoms with Gasteiger partial charge in [-0.2, -0.15) is 0 Å². The highest BCUT2D eigenvalue weighted by Crippen LogP contribution is 2.11.